The summed E-state index contributed by atoms with van der Waals surface area (Å²) in [7, 11) is 1.63. The minimum absolute atomic E-state index is 0.0451. The Hall–Kier alpha value is -2.14. The quantitative estimate of drug-likeness (QED) is 0.913. The number of hydrogen-bond acceptors (Lipinski definition) is 4. The molecule has 21 heavy (non-hydrogen) atoms. The van der Waals surface area contributed by atoms with Crippen molar-refractivity contribution in [1.29, 1.82) is 0 Å². The fraction of sp³-hybridized carbons (Fsp3) is 0.375. The average molecular weight is 287 g/mol. The van der Waals surface area contributed by atoms with Crippen LogP contribution in [0.25, 0.3) is 5.69 Å². The molecular formula is C16H21N3O2. The zero-order valence-electron chi connectivity index (χ0n) is 12.9. The summed E-state index contributed by atoms with van der Waals surface area (Å²) in [6.45, 7) is 7.14. The third kappa shape index (κ3) is 3.31. The molecule has 0 atom stereocenters. The second-order valence-electron chi connectivity index (χ2n) is 4.96. The maximum atomic E-state index is 12.0. The molecule has 0 aliphatic rings. The number of nitrogens with zero attached hydrogens (tertiary/aromatic N) is 2. The second-order valence-corrected chi connectivity index (χ2v) is 4.96. The number of aryl methyl sites for hydroxylation is 2. The Bertz CT molecular complexity index is 692. The molecule has 0 aliphatic heterocycles. The van der Waals surface area contributed by atoms with Crippen LogP contribution in [0.3, 0.4) is 0 Å². The van der Waals surface area contributed by atoms with Gasteiger partial charge < -0.3 is 10.1 Å². The van der Waals surface area contributed by atoms with E-state index in [1.165, 1.54) is 0 Å². The van der Waals surface area contributed by atoms with Gasteiger partial charge in [0.2, 0.25) is 5.43 Å². The molecule has 112 valence electrons. The average Bonchev–Trinajstić information content (AvgIpc) is 2.46. The van der Waals surface area contributed by atoms with Gasteiger partial charge in [0.05, 0.1) is 7.11 Å². The highest BCUT2D eigenvalue weighted by Crippen LogP contribution is 2.24. The van der Waals surface area contributed by atoms with Gasteiger partial charge in [-0.25, -0.2) is 4.68 Å². The van der Waals surface area contributed by atoms with Crippen LogP contribution in [0.1, 0.15) is 23.9 Å². The molecule has 2 rings (SSSR count). The number of benzene rings is 1. The molecule has 0 radical (unpaired) electrons. The first-order valence-electron chi connectivity index (χ1n) is 7.02. The summed E-state index contributed by atoms with van der Waals surface area (Å²) in [5.74, 6) is 0.731. The largest absolute Gasteiger partial charge is 0.494 e. The number of nitrogens with one attached hydrogen (secondary N) is 1. The zero-order chi connectivity index (χ0) is 15.4. The summed E-state index contributed by atoms with van der Waals surface area (Å²) >= 11 is 0. The molecule has 0 fully saturated rings. The minimum Gasteiger partial charge on any atom is -0.494 e. The standard InChI is InChI=1S/C16H21N3O2/c1-5-17-10-13-15(20)9-12(3)19(18-13)14-8-11(2)6-7-16(14)21-4/h6-9,17H,5,10H2,1-4H3. The van der Waals surface area contributed by atoms with E-state index in [4.69, 9.17) is 4.74 Å². The van der Waals surface area contributed by atoms with E-state index in [0.29, 0.717) is 12.2 Å². The Kier molecular flexibility index (Phi) is 4.75. The molecule has 0 spiro atoms. The highest BCUT2D eigenvalue weighted by atomic mass is 16.5. The van der Waals surface area contributed by atoms with E-state index in [2.05, 4.69) is 10.4 Å². The van der Waals surface area contributed by atoms with Crippen LogP contribution in [0, 0.1) is 13.8 Å². The van der Waals surface area contributed by atoms with Crippen LogP contribution < -0.4 is 15.5 Å². The van der Waals surface area contributed by atoms with Gasteiger partial charge in [-0.05, 0) is 38.1 Å². The summed E-state index contributed by atoms with van der Waals surface area (Å²) < 4.78 is 7.17. The molecular weight excluding hydrogens is 266 g/mol. The van der Waals surface area contributed by atoms with E-state index in [1.54, 1.807) is 17.9 Å². The second kappa shape index (κ2) is 6.54. The van der Waals surface area contributed by atoms with Gasteiger partial charge in [0.1, 0.15) is 17.1 Å². The fourth-order valence-corrected chi connectivity index (χ4v) is 2.16. The van der Waals surface area contributed by atoms with E-state index in [9.17, 15) is 4.79 Å². The molecule has 5 nitrogen and oxygen atoms in total. The third-order valence-corrected chi connectivity index (χ3v) is 3.28. The highest BCUT2D eigenvalue weighted by Gasteiger charge is 2.11. The molecule has 0 bridgehead atoms. The summed E-state index contributed by atoms with van der Waals surface area (Å²) in [6.07, 6.45) is 0. The van der Waals surface area contributed by atoms with E-state index in [-0.39, 0.29) is 5.43 Å². The maximum absolute atomic E-state index is 12.0. The lowest BCUT2D eigenvalue weighted by molar-refractivity contribution is 0.410. The van der Waals surface area contributed by atoms with Crippen molar-refractivity contribution in [3.63, 3.8) is 0 Å². The van der Waals surface area contributed by atoms with Crippen molar-refractivity contribution in [3.05, 3.63) is 51.4 Å². The molecule has 0 saturated heterocycles. The van der Waals surface area contributed by atoms with Crippen LogP contribution in [-0.4, -0.2) is 23.4 Å². The van der Waals surface area contributed by atoms with Crippen molar-refractivity contribution in [1.82, 2.24) is 15.1 Å². The fourth-order valence-electron chi connectivity index (χ4n) is 2.16. The van der Waals surface area contributed by atoms with Gasteiger partial charge >= 0.3 is 0 Å². The predicted octanol–water partition coefficient (Wildman–Crippen LogP) is 1.97. The summed E-state index contributed by atoms with van der Waals surface area (Å²) in [6, 6.07) is 7.51. The first-order chi connectivity index (χ1) is 10.1. The van der Waals surface area contributed by atoms with Crippen LogP contribution in [0.5, 0.6) is 5.75 Å². The molecule has 0 saturated carbocycles. The smallest absolute Gasteiger partial charge is 0.204 e. The Morgan fingerprint density at radius 1 is 1.29 bits per heavy atom. The van der Waals surface area contributed by atoms with E-state index >= 15 is 0 Å². The number of hydrogen-bond donors (Lipinski definition) is 1. The molecule has 1 aromatic carbocycles. The van der Waals surface area contributed by atoms with Gasteiger partial charge in [0.25, 0.3) is 0 Å². The molecule has 0 amide bonds. The molecule has 1 aromatic heterocycles. The molecule has 0 unspecified atom stereocenters. The van der Waals surface area contributed by atoms with Crippen LogP contribution in [0.2, 0.25) is 0 Å². The Morgan fingerprint density at radius 3 is 2.71 bits per heavy atom. The molecule has 5 heteroatoms. The van der Waals surface area contributed by atoms with Crippen LogP contribution in [-0.2, 0) is 6.54 Å². The zero-order valence-corrected chi connectivity index (χ0v) is 12.9. The highest BCUT2D eigenvalue weighted by molar-refractivity contribution is 5.49. The molecule has 0 aliphatic carbocycles. The lowest BCUT2D eigenvalue weighted by atomic mass is 10.2. The van der Waals surface area contributed by atoms with Gasteiger partial charge in [-0.2, -0.15) is 5.10 Å². The van der Waals surface area contributed by atoms with Crippen molar-refractivity contribution in [2.24, 2.45) is 0 Å². The summed E-state index contributed by atoms with van der Waals surface area (Å²) in [4.78, 5) is 12.0. The van der Waals surface area contributed by atoms with Gasteiger partial charge in [-0.1, -0.05) is 13.0 Å². The predicted molar refractivity (Wildman–Crippen MR) is 83.2 cm³/mol. The van der Waals surface area contributed by atoms with Crippen molar-refractivity contribution >= 4 is 0 Å². The Balaban J connectivity index is 2.58. The monoisotopic (exact) mass is 287 g/mol. The number of methoxy groups -OCH3 is 1. The number of aromatic nitrogens is 2. The first-order valence-corrected chi connectivity index (χ1v) is 7.02. The van der Waals surface area contributed by atoms with Crippen molar-refractivity contribution < 1.29 is 4.74 Å². The van der Waals surface area contributed by atoms with E-state index in [1.807, 2.05) is 39.0 Å². The van der Waals surface area contributed by atoms with Crippen LogP contribution in [0.15, 0.2) is 29.1 Å². The summed E-state index contributed by atoms with van der Waals surface area (Å²) in [5.41, 5.74) is 3.19. The minimum atomic E-state index is -0.0451. The van der Waals surface area contributed by atoms with Crippen LogP contribution >= 0.6 is 0 Å². The molecule has 2 aromatic rings. The lowest BCUT2D eigenvalue weighted by Gasteiger charge is -2.15. The lowest BCUT2D eigenvalue weighted by Crippen LogP contribution is -2.24. The summed E-state index contributed by atoms with van der Waals surface area (Å²) in [5, 5.41) is 7.63. The van der Waals surface area contributed by atoms with Gasteiger partial charge in [-0.3, -0.25) is 4.79 Å². The topological polar surface area (TPSA) is 56.1 Å². The van der Waals surface area contributed by atoms with Crippen molar-refractivity contribution in [3.8, 4) is 11.4 Å². The van der Waals surface area contributed by atoms with Gasteiger partial charge in [0.15, 0.2) is 0 Å². The Morgan fingerprint density at radius 2 is 2.05 bits per heavy atom. The Labute approximate surface area is 124 Å². The van der Waals surface area contributed by atoms with Crippen molar-refractivity contribution in [2.75, 3.05) is 13.7 Å². The SMILES string of the molecule is CCNCc1nn(-c2cc(C)ccc2OC)c(C)cc1=O. The first kappa shape index (κ1) is 15.3. The maximum Gasteiger partial charge on any atom is 0.204 e. The van der Waals surface area contributed by atoms with E-state index < -0.39 is 0 Å². The van der Waals surface area contributed by atoms with Gasteiger partial charge in [-0.15, -0.1) is 0 Å². The normalized spacial score (nSPS) is 10.7. The molecule has 1 heterocycles. The molecule has 1 N–H and O–H groups in total. The van der Waals surface area contributed by atoms with Crippen molar-refractivity contribution in [2.45, 2.75) is 27.3 Å². The third-order valence-electron chi connectivity index (χ3n) is 3.28. The number of ether oxygens (including phenoxy) is 1. The van der Waals surface area contributed by atoms with Gasteiger partial charge in [0, 0.05) is 18.3 Å². The van der Waals surface area contributed by atoms with E-state index in [0.717, 1.165) is 29.2 Å². The number of rotatable bonds is 5. The van der Waals surface area contributed by atoms with Crippen LogP contribution in [0.4, 0.5) is 0 Å².